The molecule has 4 nitrogen and oxygen atoms in total. The Balaban J connectivity index is 1.82. The SMILES string of the molecule is CCCCSc1ncc(CN2CCC[C@H](C#N)C2)cn1. The van der Waals surface area contributed by atoms with Crippen LogP contribution in [0.2, 0.25) is 0 Å². The normalized spacial score (nSPS) is 19.7. The summed E-state index contributed by atoms with van der Waals surface area (Å²) >= 11 is 1.72. The molecule has 0 bridgehead atoms. The highest BCUT2D eigenvalue weighted by atomic mass is 32.2. The fourth-order valence-corrected chi connectivity index (χ4v) is 3.24. The Bertz CT molecular complexity index is 440. The highest BCUT2D eigenvalue weighted by Crippen LogP contribution is 2.18. The number of nitriles is 1. The maximum Gasteiger partial charge on any atom is 0.187 e. The molecule has 1 aromatic heterocycles. The number of rotatable bonds is 6. The second-order valence-electron chi connectivity index (χ2n) is 5.28. The van der Waals surface area contributed by atoms with Crippen molar-refractivity contribution in [3.63, 3.8) is 0 Å². The minimum absolute atomic E-state index is 0.188. The first-order valence-corrected chi connectivity index (χ1v) is 8.36. The smallest absolute Gasteiger partial charge is 0.187 e. The van der Waals surface area contributed by atoms with E-state index in [1.54, 1.807) is 11.8 Å². The summed E-state index contributed by atoms with van der Waals surface area (Å²) in [6, 6.07) is 2.38. The van der Waals surface area contributed by atoms with E-state index in [4.69, 9.17) is 5.26 Å². The van der Waals surface area contributed by atoms with Gasteiger partial charge in [-0.3, -0.25) is 4.90 Å². The minimum atomic E-state index is 0.188. The standard InChI is InChI=1S/C15H22N4S/c1-2-3-7-20-15-17-9-14(10-18-15)12-19-6-4-5-13(8-16)11-19/h9-10,13H,2-7,11-12H2,1H3/t13-/m1/s1. The largest absolute Gasteiger partial charge is 0.298 e. The van der Waals surface area contributed by atoms with Crippen LogP contribution in [0.25, 0.3) is 0 Å². The van der Waals surface area contributed by atoms with Crippen LogP contribution >= 0.6 is 11.8 Å². The monoisotopic (exact) mass is 290 g/mol. The van der Waals surface area contributed by atoms with Gasteiger partial charge in [0.1, 0.15) is 0 Å². The van der Waals surface area contributed by atoms with Crippen LogP contribution < -0.4 is 0 Å². The molecule has 0 amide bonds. The molecule has 2 rings (SSSR count). The van der Waals surface area contributed by atoms with Crippen LogP contribution in [0.1, 0.15) is 38.2 Å². The lowest BCUT2D eigenvalue weighted by Crippen LogP contribution is -2.34. The van der Waals surface area contributed by atoms with E-state index in [-0.39, 0.29) is 5.92 Å². The van der Waals surface area contributed by atoms with Crippen molar-refractivity contribution >= 4 is 11.8 Å². The number of hydrogen-bond donors (Lipinski definition) is 0. The van der Waals surface area contributed by atoms with E-state index in [1.165, 1.54) is 12.8 Å². The summed E-state index contributed by atoms with van der Waals surface area (Å²) in [6.45, 7) is 5.00. The number of unbranched alkanes of at least 4 members (excludes halogenated alkanes) is 1. The molecule has 0 spiro atoms. The van der Waals surface area contributed by atoms with E-state index < -0.39 is 0 Å². The summed E-state index contributed by atoms with van der Waals surface area (Å²) in [6.07, 6.45) is 8.42. The van der Waals surface area contributed by atoms with E-state index in [9.17, 15) is 0 Å². The molecule has 20 heavy (non-hydrogen) atoms. The number of likely N-dealkylation sites (tertiary alicyclic amines) is 1. The van der Waals surface area contributed by atoms with Gasteiger partial charge in [0.25, 0.3) is 0 Å². The Kier molecular flexibility index (Phi) is 6.28. The van der Waals surface area contributed by atoms with Crippen LogP contribution in [0, 0.1) is 17.2 Å². The Morgan fingerprint density at radius 2 is 2.25 bits per heavy atom. The van der Waals surface area contributed by atoms with Gasteiger partial charge >= 0.3 is 0 Å². The van der Waals surface area contributed by atoms with Gasteiger partial charge in [0, 0.05) is 36.8 Å². The molecular formula is C15H22N4S. The molecule has 0 unspecified atom stereocenters. The van der Waals surface area contributed by atoms with Crippen molar-refractivity contribution in [2.45, 2.75) is 44.3 Å². The van der Waals surface area contributed by atoms with Crippen LogP contribution in [-0.2, 0) is 6.54 Å². The topological polar surface area (TPSA) is 52.8 Å². The summed E-state index contributed by atoms with van der Waals surface area (Å²) in [4.78, 5) is 11.2. The van der Waals surface area contributed by atoms with Crippen LogP contribution in [0.15, 0.2) is 17.6 Å². The molecule has 2 heterocycles. The van der Waals surface area contributed by atoms with Gasteiger partial charge < -0.3 is 0 Å². The van der Waals surface area contributed by atoms with Gasteiger partial charge in [0.2, 0.25) is 0 Å². The van der Waals surface area contributed by atoms with Crippen molar-refractivity contribution in [2.24, 2.45) is 5.92 Å². The van der Waals surface area contributed by atoms with E-state index >= 15 is 0 Å². The summed E-state index contributed by atoms with van der Waals surface area (Å²) in [7, 11) is 0. The first kappa shape index (κ1) is 15.3. The molecule has 1 atom stereocenters. The molecular weight excluding hydrogens is 268 g/mol. The van der Waals surface area contributed by atoms with Gasteiger partial charge in [-0.25, -0.2) is 9.97 Å². The molecule has 1 aliphatic rings. The second-order valence-corrected chi connectivity index (χ2v) is 6.34. The molecule has 0 aromatic carbocycles. The average molecular weight is 290 g/mol. The fraction of sp³-hybridized carbons (Fsp3) is 0.667. The molecule has 1 aromatic rings. The zero-order chi connectivity index (χ0) is 14.2. The Labute approximate surface area is 125 Å². The van der Waals surface area contributed by atoms with Crippen molar-refractivity contribution in [1.82, 2.24) is 14.9 Å². The van der Waals surface area contributed by atoms with Gasteiger partial charge in [-0.1, -0.05) is 25.1 Å². The van der Waals surface area contributed by atoms with Gasteiger partial charge in [0.05, 0.1) is 12.0 Å². The van der Waals surface area contributed by atoms with Gasteiger partial charge in [-0.05, 0) is 25.8 Å². The summed E-state index contributed by atoms with van der Waals surface area (Å²) in [5.74, 6) is 1.28. The maximum absolute atomic E-state index is 9.01. The van der Waals surface area contributed by atoms with E-state index in [1.807, 2.05) is 12.4 Å². The van der Waals surface area contributed by atoms with Crippen molar-refractivity contribution in [1.29, 1.82) is 5.26 Å². The van der Waals surface area contributed by atoms with Crippen LogP contribution in [0.4, 0.5) is 0 Å². The molecule has 1 saturated heterocycles. The number of aromatic nitrogens is 2. The van der Waals surface area contributed by atoms with Crippen molar-refractivity contribution in [3.05, 3.63) is 18.0 Å². The molecule has 1 fully saturated rings. The zero-order valence-electron chi connectivity index (χ0n) is 12.1. The minimum Gasteiger partial charge on any atom is -0.298 e. The number of nitrogens with zero attached hydrogens (tertiary/aromatic N) is 4. The number of hydrogen-bond acceptors (Lipinski definition) is 5. The molecule has 5 heteroatoms. The van der Waals surface area contributed by atoms with Crippen LogP contribution in [0.5, 0.6) is 0 Å². The molecule has 108 valence electrons. The fourth-order valence-electron chi connectivity index (χ4n) is 2.37. The van der Waals surface area contributed by atoms with E-state index in [0.717, 1.165) is 48.9 Å². The Hall–Kier alpha value is -1.12. The third kappa shape index (κ3) is 4.77. The van der Waals surface area contributed by atoms with Gasteiger partial charge in [-0.2, -0.15) is 5.26 Å². The summed E-state index contributed by atoms with van der Waals surface area (Å²) < 4.78 is 0. The van der Waals surface area contributed by atoms with E-state index in [0.29, 0.717) is 0 Å². The molecule has 1 aliphatic heterocycles. The predicted molar refractivity (Wildman–Crippen MR) is 81.3 cm³/mol. The first-order chi connectivity index (χ1) is 9.81. The summed E-state index contributed by atoms with van der Waals surface area (Å²) in [5, 5.41) is 9.88. The lowest BCUT2D eigenvalue weighted by molar-refractivity contribution is 0.191. The second kappa shape index (κ2) is 8.23. The quantitative estimate of drug-likeness (QED) is 0.458. The molecule has 0 N–H and O–H groups in total. The Morgan fingerprint density at radius 1 is 1.45 bits per heavy atom. The first-order valence-electron chi connectivity index (χ1n) is 7.37. The predicted octanol–water partition coefficient (Wildman–Crippen LogP) is 3.10. The summed E-state index contributed by atoms with van der Waals surface area (Å²) in [5.41, 5.74) is 1.14. The van der Waals surface area contributed by atoms with Crippen molar-refractivity contribution in [2.75, 3.05) is 18.8 Å². The lowest BCUT2D eigenvalue weighted by atomic mass is 9.99. The Morgan fingerprint density at radius 3 is 2.95 bits per heavy atom. The third-order valence-corrected chi connectivity index (χ3v) is 4.47. The lowest BCUT2D eigenvalue weighted by Gasteiger charge is -2.29. The van der Waals surface area contributed by atoms with Crippen molar-refractivity contribution in [3.8, 4) is 6.07 Å². The number of piperidine rings is 1. The van der Waals surface area contributed by atoms with Crippen LogP contribution in [-0.4, -0.2) is 33.7 Å². The third-order valence-electron chi connectivity index (χ3n) is 3.50. The maximum atomic E-state index is 9.01. The average Bonchev–Trinajstić information content (AvgIpc) is 2.49. The highest BCUT2D eigenvalue weighted by Gasteiger charge is 2.19. The van der Waals surface area contributed by atoms with Crippen LogP contribution in [0.3, 0.4) is 0 Å². The van der Waals surface area contributed by atoms with Crippen molar-refractivity contribution < 1.29 is 0 Å². The molecule has 0 saturated carbocycles. The van der Waals surface area contributed by atoms with Gasteiger partial charge in [0.15, 0.2) is 5.16 Å². The zero-order valence-corrected chi connectivity index (χ0v) is 12.9. The van der Waals surface area contributed by atoms with E-state index in [2.05, 4.69) is 27.9 Å². The van der Waals surface area contributed by atoms with Gasteiger partial charge in [-0.15, -0.1) is 0 Å². The molecule has 0 radical (unpaired) electrons. The number of thioether (sulfide) groups is 1. The highest BCUT2D eigenvalue weighted by molar-refractivity contribution is 7.99. The molecule has 0 aliphatic carbocycles.